The zero-order valence-electron chi connectivity index (χ0n) is 10.0. The molecule has 0 heterocycles. The summed E-state index contributed by atoms with van der Waals surface area (Å²) in [4.78, 5) is 0. The van der Waals surface area contributed by atoms with E-state index in [1.807, 2.05) is 12.1 Å². The van der Waals surface area contributed by atoms with Crippen LogP contribution in [0.15, 0.2) is 34.8 Å². The quantitative estimate of drug-likeness (QED) is 0.801. The van der Waals surface area contributed by atoms with Gasteiger partial charge in [-0.25, -0.2) is 4.39 Å². The maximum Gasteiger partial charge on any atom is 0.167 e. The number of nitrogen functional groups attached to an aromatic ring is 1. The number of halogens is 3. The van der Waals surface area contributed by atoms with E-state index in [0.29, 0.717) is 10.7 Å². The lowest BCUT2D eigenvalue weighted by molar-refractivity contribution is 0.387. The predicted octanol–water partition coefficient (Wildman–Crippen LogP) is 4.58. The number of ether oxygens (including phenoxy) is 1. The molecule has 0 fully saturated rings. The molecule has 100 valence electrons. The highest BCUT2D eigenvalue weighted by atomic mass is 79.9. The average molecular weight is 346 g/mol. The van der Waals surface area contributed by atoms with E-state index in [-0.39, 0.29) is 11.4 Å². The van der Waals surface area contributed by atoms with Gasteiger partial charge in [0.1, 0.15) is 0 Å². The van der Waals surface area contributed by atoms with E-state index in [9.17, 15) is 4.39 Å². The van der Waals surface area contributed by atoms with Crippen LogP contribution >= 0.6 is 27.5 Å². The van der Waals surface area contributed by atoms with Gasteiger partial charge in [0, 0.05) is 22.3 Å². The van der Waals surface area contributed by atoms with Gasteiger partial charge in [0.15, 0.2) is 11.6 Å². The summed E-state index contributed by atoms with van der Waals surface area (Å²) in [6.45, 7) is 0. The molecule has 0 saturated heterocycles. The molecule has 2 rings (SSSR count). The van der Waals surface area contributed by atoms with E-state index in [2.05, 4.69) is 21.2 Å². The van der Waals surface area contributed by atoms with E-state index < -0.39 is 5.82 Å². The highest BCUT2D eigenvalue weighted by Crippen LogP contribution is 2.32. The third-order valence-corrected chi connectivity index (χ3v) is 3.76. The van der Waals surface area contributed by atoms with Crippen molar-refractivity contribution in [3.05, 3.63) is 45.6 Å². The zero-order valence-corrected chi connectivity index (χ0v) is 12.3. The van der Waals surface area contributed by atoms with Gasteiger partial charge in [-0.05, 0) is 34.1 Å². The summed E-state index contributed by atoms with van der Waals surface area (Å²) in [7, 11) is 1.40. The smallest absolute Gasteiger partial charge is 0.167 e. The van der Waals surface area contributed by atoms with Gasteiger partial charge in [-0.1, -0.05) is 11.6 Å². The van der Waals surface area contributed by atoms with Crippen molar-refractivity contribution in [2.75, 3.05) is 18.2 Å². The van der Waals surface area contributed by atoms with Crippen molar-refractivity contribution in [1.29, 1.82) is 0 Å². The van der Waals surface area contributed by atoms with Crippen LogP contribution in [-0.4, -0.2) is 7.11 Å². The van der Waals surface area contributed by atoms with Gasteiger partial charge in [-0.2, -0.15) is 0 Å². The highest BCUT2D eigenvalue weighted by molar-refractivity contribution is 9.10. The molecule has 0 atom stereocenters. The van der Waals surface area contributed by atoms with E-state index in [0.717, 1.165) is 10.2 Å². The van der Waals surface area contributed by atoms with Gasteiger partial charge in [-0.3, -0.25) is 0 Å². The molecule has 0 spiro atoms. The Hall–Kier alpha value is -1.46. The molecular formula is C13H11BrClFN2O. The molecule has 2 aromatic carbocycles. The largest absolute Gasteiger partial charge is 0.494 e. The van der Waals surface area contributed by atoms with Crippen LogP contribution in [0.4, 0.5) is 21.5 Å². The van der Waals surface area contributed by atoms with Gasteiger partial charge in [-0.15, -0.1) is 0 Å². The molecule has 0 aliphatic rings. The minimum Gasteiger partial charge on any atom is -0.494 e. The van der Waals surface area contributed by atoms with E-state index in [4.69, 9.17) is 22.1 Å². The molecule has 0 bridgehead atoms. The summed E-state index contributed by atoms with van der Waals surface area (Å²) in [6, 6.07) is 8.08. The van der Waals surface area contributed by atoms with Crippen molar-refractivity contribution in [2.24, 2.45) is 0 Å². The van der Waals surface area contributed by atoms with E-state index in [1.54, 1.807) is 6.07 Å². The van der Waals surface area contributed by atoms with Crippen molar-refractivity contribution in [1.82, 2.24) is 0 Å². The Morgan fingerprint density at radius 1 is 1.32 bits per heavy atom. The maximum atomic E-state index is 13.4. The Morgan fingerprint density at radius 2 is 2.05 bits per heavy atom. The van der Waals surface area contributed by atoms with Crippen LogP contribution in [-0.2, 0) is 0 Å². The molecule has 19 heavy (non-hydrogen) atoms. The molecule has 0 aliphatic heterocycles. The third kappa shape index (κ3) is 3.11. The Labute approximate surface area is 123 Å². The Morgan fingerprint density at radius 3 is 2.68 bits per heavy atom. The number of hydrogen-bond donors (Lipinski definition) is 2. The molecule has 0 saturated carbocycles. The molecule has 3 nitrogen and oxygen atoms in total. The Balaban J connectivity index is 2.34. The molecule has 3 N–H and O–H groups in total. The van der Waals surface area contributed by atoms with Crippen molar-refractivity contribution in [3.63, 3.8) is 0 Å². The lowest BCUT2D eigenvalue weighted by Gasteiger charge is -2.12. The molecule has 2 aromatic rings. The molecule has 6 heteroatoms. The zero-order chi connectivity index (χ0) is 14.0. The summed E-state index contributed by atoms with van der Waals surface area (Å²) < 4.78 is 19.1. The second-order valence-corrected chi connectivity index (χ2v) is 5.09. The molecule has 0 radical (unpaired) electrons. The third-order valence-electron chi connectivity index (χ3n) is 2.52. The summed E-state index contributed by atoms with van der Waals surface area (Å²) in [5, 5.41) is 3.63. The normalized spacial score (nSPS) is 10.3. The van der Waals surface area contributed by atoms with Crippen LogP contribution in [0.3, 0.4) is 0 Å². The number of rotatable bonds is 3. The van der Waals surface area contributed by atoms with Gasteiger partial charge in [0.25, 0.3) is 0 Å². The molecule has 0 aromatic heterocycles. The van der Waals surface area contributed by atoms with Crippen LogP contribution in [0, 0.1) is 5.82 Å². The standard InChI is InChI=1S/C13H11BrClFN2O/c1-19-13-6-12(11(17)5-10(13)16)18-7-2-3-8(14)9(15)4-7/h2-6,18H,17H2,1H3. The first-order chi connectivity index (χ1) is 9.01. The molecular weight excluding hydrogens is 335 g/mol. The van der Waals surface area contributed by atoms with Crippen molar-refractivity contribution in [3.8, 4) is 5.75 Å². The number of benzene rings is 2. The maximum absolute atomic E-state index is 13.4. The summed E-state index contributed by atoms with van der Waals surface area (Å²) in [5.41, 5.74) is 7.35. The van der Waals surface area contributed by atoms with Crippen LogP contribution in [0.1, 0.15) is 0 Å². The fourth-order valence-corrected chi connectivity index (χ4v) is 1.99. The number of nitrogens with one attached hydrogen (secondary N) is 1. The van der Waals surface area contributed by atoms with Gasteiger partial charge in [0.05, 0.1) is 23.5 Å². The Kier molecular flexibility index (Phi) is 4.17. The van der Waals surface area contributed by atoms with Gasteiger partial charge < -0.3 is 15.8 Å². The number of anilines is 3. The van der Waals surface area contributed by atoms with Gasteiger partial charge >= 0.3 is 0 Å². The van der Waals surface area contributed by atoms with Crippen LogP contribution in [0.2, 0.25) is 5.02 Å². The summed E-state index contributed by atoms with van der Waals surface area (Å²) in [6.07, 6.45) is 0. The van der Waals surface area contributed by atoms with Crippen molar-refractivity contribution >= 4 is 44.6 Å². The molecule has 0 aliphatic carbocycles. The van der Waals surface area contributed by atoms with Crippen LogP contribution < -0.4 is 15.8 Å². The van der Waals surface area contributed by atoms with Crippen LogP contribution in [0.5, 0.6) is 5.75 Å². The first-order valence-electron chi connectivity index (χ1n) is 5.36. The first-order valence-corrected chi connectivity index (χ1v) is 6.53. The lowest BCUT2D eigenvalue weighted by Crippen LogP contribution is -1.99. The van der Waals surface area contributed by atoms with Gasteiger partial charge in [0.2, 0.25) is 0 Å². The van der Waals surface area contributed by atoms with E-state index >= 15 is 0 Å². The topological polar surface area (TPSA) is 47.3 Å². The summed E-state index contributed by atoms with van der Waals surface area (Å²) in [5.74, 6) is -0.376. The predicted molar refractivity (Wildman–Crippen MR) is 79.8 cm³/mol. The molecule has 0 unspecified atom stereocenters. The molecule has 0 amide bonds. The second-order valence-electron chi connectivity index (χ2n) is 3.83. The number of methoxy groups -OCH3 is 1. The minimum atomic E-state index is -0.501. The fraction of sp³-hybridized carbons (Fsp3) is 0.0769. The highest BCUT2D eigenvalue weighted by Gasteiger charge is 2.09. The van der Waals surface area contributed by atoms with Crippen LogP contribution in [0.25, 0.3) is 0 Å². The monoisotopic (exact) mass is 344 g/mol. The van der Waals surface area contributed by atoms with E-state index in [1.165, 1.54) is 19.2 Å². The number of hydrogen-bond acceptors (Lipinski definition) is 3. The Bertz CT molecular complexity index is 622. The number of nitrogens with two attached hydrogens (primary N) is 1. The van der Waals surface area contributed by atoms with Crippen molar-refractivity contribution in [2.45, 2.75) is 0 Å². The second kappa shape index (κ2) is 5.67. The minimum absolute atomic E-state index is 0.125. The lowest BCUT2D eigenvalue weighted by atomic mass is 10.2. The first kappa shape index (κ1) is 14.0. The SMILES string of the molecule is COc1cc(Nc2ccc(Br)c(Cl)c2)c(N)cc1F. The fourth-order valence-electron chi connectivity index (χ4n) is 1.56. The summed E-state index contributed by atoms with van der Waals surface area (Å²) >= 11 is 9.31. The average Bonchev–Trinajstić information content (AvgIpc) is 2.37. The van der Waals surface area contributed by atoms with Crippen molar-refractivity contribution < 1.29 is 9.13 Å².